The summed E-state index contributed by atoms with van der Waals surface area (Å²) in [6, 6.07) is 12.8. The van der Waals surface area contributed by atoms with Crippen LogP contribution >= 0.6 is 24.0 Å². The summed E-state index contributed by atoms with van der Waals surface area (Å²) in [5.41, 5.74) is 0. The Bertz CT molecular complexity index is 923. The van der Waals surface area contributed by atoms with E-state index in [0.29, 0.717) is 0 Å². The zero-order chi connectivity index (χ0) is 14.3. The van der Waals surface area contributed by atoms with Crippen molar-refractivity contribution in [1.29, 1.82) is 0 Å². The minimum atomic E-state index is -3.62. The maximum absolute atomic E-state index is 12.1. The second-order valence-corrected chi connectivity index (χ2v) is 7.98. The molecule has 20 heavy (non-hydrogen) atoms. The Hall–Kier alpha value is -1.37. The number of hydrogen-bond acceptors (Lipinski definition) is 4. The van der Waals surface area contributed by atoms with Crippen LogP contribution in [0.3, 0.4) is 0 Å². The van der Waals surface area contributed by atoms with Crippen molar-refractivity contribution in [3.63, 3.8) is 0 Å². The third-order valence-electron chi connectivity index (χ3n) is 3.02. The van der Waals surface area contributed by atoms with Gasteiger partial charge in [-0.05, 0) is 24.3 Å². The Balaban J connectivity index is 2.24. The molecule has 0 amide bonds. The van der Waals surface area contributed by atoms with Crippen LogP contribution in [-0.2, 0) is 14.6 Å². The number of rotatable bonds is 3. The number of carbonyl (C=O) groups excluding carboxylic acids is 1. The summed E-state index contributed by atoms with van der Waals surface area (Å²) in [7, 11) is -3.62. The molecular weight excluding hydrogens is 312 g/mol. The van der Waals surface area contributed by atoms with Crippen LogP contribution in [0.25, 0.3) is 20.2 Å². The van der Waals surface area contributed by atoms with E-state index in [4.69, 9.17) is 0 Å². The van der Waals surface area contributed by atoms with Crippen molar-refractivity contribution >= 4 is 59.1 Å². The lowest BCUT2D eigenvalue weighted by molar-refractivity contribution is -0.108. The van der Waals surface area contributed by atoms with Gasteiger partial charge in [0, 0.05) is 20.2 Å². The lowest BCUT2D eigenvalue weighted by atomic mass is 10.1. The number of hydrogen-bond donors (Lipinski definition) is 1. The van der Waals surface area contributed by atoms with Gasteiger partial charge in [-0.1, -0.05) is 18.2 Å². The Morgan fingerprint density at radius 2 is 1.75 bits per heavy atom. The smallest absolute Gasteiger partial charge is 0.201 e. The Kier molecular flexibility index (Phi) is 3.32. The Labute approximate surface area is 125 Å². The molecule has 0 aliphatic rings. The van der Waals surface area contributed by atoms with Crippen LogP contribution in [0.5, 0.6) is 0 Å². The number of thiol groups is 1. The van der Waals surface area contributed by atoms with Crippen molar-refractivity contribution in [2.75, 3.05) is 5.75 Å². The minimum absolute atomic E-state index is 0.163. The number of carbonyl (C=O) groups is 1. The molecule has 2 aromatic carbocycles. The fourth-order valence-corrected chi connectivity index (χ4v) is 4.81. The van der Waals surface area contributed by atoms with Gasteiger partial charge in [0.05, 0.1) is 4.90 Å². The molecule has 1 aromatic heterocycles. The van der Waals surface area contributed by atoms with Gasteiger partial charge in [0.25, 0.3) is 0 Å². The minimum Gasteiger partial charge on any atom is -0.286 e. The summed E-state index contributed by atoms with van der Waals surface area (Å²) in [5, 5.41) is 1.28. The molecule has 0 saturated carbocycles. The van der Waals surface area contributed by atoms with Gasteiger partial charge in [-0.15, -0.1) is 24.0 Å². The second kappa shape index (κ2) is 4.87. The molecule has 0 aliphatic carbocycles. The summed E-state index contributed by atoms with van der Waals surface area (Å²) in [4.78, 5) is 11.1. The molecule has 6 heteroatoms. The molecule has 3 nitrogen and oxygen atoms in total. The highest BCUT2D eigenvalue weighted by molar-refractivity contribution is 8.01. The van der Waals surface area contributed by atoms with Crippen LogP contribution in [0.1, 0.15) is 0 Å². The summed E-state index contributed by atoms with van der Waals surface area (Å²) >= 11 is 5.16. The van der Waals surface area contributed by atoms with Crippen molar-refractivity contribution in [3.8, 4) is 0 Å². The highest BCUT2D eigenvalue weighted by atomic mass is 32.2. The van der Waals surface area contributed by atoms with Gasteiger partial charge >= 0.3 is 0 Å². The average Bonchev–Trinajstić information content (AvgIpc) is 2.74. The predicted octanol–water partition coefficient (Wildman–Crippen LogP) is 3.28. The highest BCUT2D eigenvalue weighted by Gasteiger charge is 2.18. The molecule has 102 valence electrons. The van der Waals surface area contributed by atoms with Gasteiger partial charge in [0.2, 0.25) is 5.12 Å². The molecule has 3 rings (SSSR count). The lowest BCUT2D eigenvalue weighted by Crippen LogP contribution is -2.11. The zero-order valence-corrected chi connectivity index (χ0v) is 12.8. The van der Waals surface area contributed by atoms with Crippen LogP contribution in [0, 0.1) is 0 Å². The molecule has 0 spiro atoms. The fourth-order valence-electron chi connectivity index (χ4n) is 2.14. The van der Waals surface area contributed by atoms with E-state index in [1.807, 2.05) is 24.3 Å². The Morgan fingerprint density at radius 3 is 2.50 bits per heavy atom. The van der Waals surface area contributed by atoms with Crippen molar-refractivity contribution in [1.82, 2.24) is 0 Å². The second-order valence-electron chi connectivity index (χ2n) is 4.41. The zero-order valence-electron chi connectivity index (χ0n) is 10.2. The first kappa shape index (κ1) is 13.6. The number of benzene rings is 2. The van der Waals surface area contributed by atoms with Gasteiger partial charge < -0.3 is 0 Å². The van der Waals surface area contributed by atoms with E-state index < -0.39 is 20.7 Å². The lowest BCUT2D eigenvalue weighted by Gasteiger charge is -2.02. The summed E-state index contributed by atoms with van der Waals surface area (Å²) in [6.45, 7) is 0. The molecule has 0 fully saturated rings. The van der Waals surface area contributed by atoms with Gasteiger partial charge in [0.1, 0.15) is 5.75 Å². The number of thiophene rings is 1. The SMILES string of the molecule is O=C(S)CS(=O)(=O)c1ccc2sc3ccccc3c2c1. The Morgan fingerprint density at radius 1 is 1.05 bits per heavy atom. The maximum Gasteiger partial charge on any atom is 0.201 e. The molecule has 0 bridgehead atoms. The quantitative estimate of drug-likeness (QED) is 0.753. The largest absolute Gasteiger partial charge is 0.286 e. The first-order chi connectivity index (χ1) is 9.47. The van der Waals surface area contributed by atoms with Crippen LogP contribution in [0.15, 0.2) is 47.4 Å². The van der Waals surface area contributed by atoms with E-state index in [9.17, 15) is 13.2 Å². The molecule has 1 heterocycles. The van der Waals surface area contributed by atoms with E-state index in [-0.39, 0.29) is 4.90 Å². The van der Waals surface area contributed by atoms with Crippen molar-refractivity contribution in [2.24, 2.45) is 0 Å². The van der Waals surface area contributed by atoms with E-state index >= 15 is 0 Å². The summed E-state index contributed by atoms with van der Waals surface area (Å²) in [6.07, 6.45) is 0. The van der Waals surface area contributed by atoms with Crippen molar-refractivity contribution in [3.05, 3.63) is 42.5 Å². The van der Waals surface area contributed by atoms with Gasteiger partial charge in [0.15, 0.2) is 9.84 Å². The van der Waals surface area contributed by atoms with E-state index in [1.165, 1.54) is 0 Å². The molecular formula is C14H10O3S3. The summed E-state index contributed by atoms with van der Waals surface area (Å²) in [5.74, 6) is -0.580. The number of fused-ring (bicyclic) bond motifs is 3. The predicted molar refractivity (Wildman–Crippen MR) is 85.4 cm³/mol. The molecule has 0 atom stereocenters. The van der Waals surface area contributed by atoms with Gasteiger partial charge in [-0.25, -0.2) is 8.42 Å². The summed E-state index contributed by atoms with van der Waals surface area (Å²) < 4.78 is 26.3. The molecule has 0 saturated heterocycles. The fraction of sp³-hybridized carbons (Fsp3) is 0.0714. The first-order valence-electron chi connectivity index (χ1n) is 5.83. The first-order valence-corrected chi connectivity index (χ1v) is 8.75. The van der Waals surface area contributed by atoms with Crippen LogP contribution in [-0.4, -0.2) is 19.3 Å². The third kappa shape index (κ3) is 2.34. The molecule has 0 unspecified atom stereocenters. The topological polar surface area (TPSA) is 51.2 Å². The molecule has 0 aliphatic heterocycles. The third-order valence-corrected chi connectivity index (χ3v) is 6.16. The van der Waals surface area contributed by atoms with E-state index in [1.54, 1.807) is 29.5 Å². The molecule has 0 N–H and O–H groups in total. The average molecular weight is 322 g/mol. The molecule has 3 aromatic rings. The van der Waals surface area contributed by atoms with Crippen molar-refractivity contribution in [2.45, 2.75) is 4.90 Å². The van der Waals surface area contributed by atoms with E-state index in [2.05, 4.69) is 12.6 Å². The maximum atomic E-state index is 12.1. The number of sulfone groups is 1. The van der Waals surface area contributed by atoms with Crippen molar-refractivity contribution < 1.29 is 13.2 Å². The van der Waals surface area contributed by atoms with Crippen LogP contribution < -0.4 is 0 Å². The van der Waals surface area contributed by atoms with Gasteiger partial charge in [-0.3, -0.25) is 4.79 Å². The van der Waals surface area contributed by atoms with Crippen LogP contribution in [0.2, 0.25) is 0 Å². The van der Waals surface area contributed by atoms with Gasteiger partial charge in [-0.2, -0.15) is 0 Å². The standard InChI is InChI=1S/C14H10O3S3/c15-14(18)8-20(16,17)9-5-6-13-11(7-9)10-3-1-2-4-12(10)19-13/h1-7H,8H2,(H,15,18). The normalized spacial score (nSPS) is 12.1. The van der Waals surface area contributed by atoms with Crippen LogP contribution in [0.4, 0.5) is 0 Å². The van der Waals surface area contributed by atoms with E-state index in [0.717, 1.165) is 20.2 Å². The monoisotopic (exact) mass is 322 g/mol. The highest BCUT2D eigenvalue weighted by Crippen LogP contribution is 2.34. The molecule has 0 radical (unpaired) electrons.